The van der Waals surface area contributed by atoms with E-state index in [1.54, 1.807) is 0 Å². The molecule has 0 aromatic heterocycles. The van der Waals surface area contributed by atoms with Gasteiger partial charge in [0.2, 0.25) is 0 Å². The molecule has 0 saturated heterocycles. The van der Waals surface area contributed by atoms with Crippen molar-refractivity contribution in [3.63, 3.8) is 0 Å². The molecule has 0 aliphatic heterocycles. The van der Waals surface area contributed by atoms with Crippen molar-refractivity contribution < 1.29 is 18.7 Å². The van der Waals surface area contributed by atoms with Crippen LogP contribution in [0.15, 0.2) is 12.1 Å². The fraction of sp³-hybridized carbons (Fsp3) is 0.300. The van der Waals surface area contributed by atoms with Gasteiger partial charge in [-0.3, -0.25) is 0 Å². The number of nitrogens with two attached hydrogens (primary N) is 1. The number of benzene rings is 1. The lowest BCUT2D eigenvalue weighted by Gasteiger charge is -2.19. The molecule has 1 unspecified atom stereocenters. The summed E-state index contributed by atoms with van der Waals surface area (Å²) in [5.41, 5.74) is 4.32. The van der Waals surface area contributed by atoms with Crippen LogP contribution in [0.5, 0.6) is 0 Å². The van der Waals surface area contributed by atoms with Crippen molar-refractivity contribution >= 4 is 5.97 Å². The monoisotopic (exact) mass is 213 g/mol. The fourth-order valence-corrected chi connectivity index (χ4v) is 1.93. The highest BCUT2D eigenvalue weighted by molar-refractivity contribution is 5.82. The summed E-state index contributed by atoms with van der Waals surface area (Å²) in [5.74, 6) is -3.17. The molecule has 0 bridgehead atoms. The zero-order valence-electron chi connectivity index (χ0n) is 7.76. The summed E-state index contributed by atoms with van der Waals surface area (Å²) in [7, 11) is 0. The van der Waals surface area contributed by atoms with Crippen LogP contribution in [-0.4, -0.2) is 11.1 Å². The molecule has 0 spiro atoms. The zero-order valence-corrected chi connectivity index (χ0v) is 7.76. The lowest BCUT2D eigenvalue weighted by molar-refractivity contribution is -0.143. The maximum absolute atomic E-state index is 13.3. The summed E-state index contributed by atoms with van der Waals surface area (Å²) in [6.07, 6.45) is 0.250. The topological polar surface area (TPSA) is 63.3 Å². The van der Waals surface area contributed by atoms with Crippen LogP contribution in [0.2, 0.25) is 0 Å². The molecule has 1 aliphatic rings. The third-order valence-corrected chi connectivity index (χ3v) is 2.83. The van der Waals surface area contributed by atoms with Gasteiger partial charge in [-0.15, -0.1) is 0 Å². The zero-order chi connectivity index (χ0) is 11.2. The minimum absolute atomic E-state index is 0.0832. The van der Waals surface area contributed by atoms with Gasteiger partial charge in [-0.05, 0) is 30.0 Å². The Balaban J connectivity index is 2.63. The van der Waals surface area contributed by atoms with Crippen molar-refractivity contribution in [2.75, 3.05) is 0 Å². The summed E-state index contributed by atoms with van der Waals surface area (Å²) >= 11 is 0. The molecular formula is C10H9F2NO2. The first kappa shape index (κ1) is 10.0. The summed E-state index contributed by atoms with van der Waals surface area (Å²) < 4.78 is 26.1. The third kappa shape index (κ3) is 1.23. The fourth-order valence-electron chi connectivity index (χ4n) is 1.93. The number of hydrogen-bond donors (Lipinski definition) is 2. The van der Waals surface area contributed by atoms with Crippen LogP contribution in [0.4, 0.5) is 8.78 Å². The van der Waals surface area contributed by atoms with Crippen LogP contribution in [0.25, 0.3) is 0 Å². The first-order chi connectivity index (χ1) is 6.97. The largest absolute Gasteiger partial charge is 0.480 e. The molecule has 0 amide bonds. The summed E-state index contributed by atoms with van der Waals surface area (Å²) in [6.45, 7) is 0. The predicted octanol–water partition coefficient (Wildman–Crippen LogP) is 1.15. The van der Waals surface area contributed by atoms with Crippen LogP contribution in [-0.2, 0) is 16.8 Å². The highest BCUT2D eigenvalue weighted by Gasteiger charge is 2.43. The van der Waals surface area contributed by atoms with E-state index in [0.717, 1.165) is 6.07 Å². The van der Waals surface area contributed by atoms with Gasteiger partial charge in [0.15, 0.2) is 11.6 Å². The van der Waals surface area contributed by atoms with E-state index >= 15 is 0 Å². The van der Waals surface area contributed by atoms with E-state index in [0.29, 0.717) is 0 Å². The van der Waals surface area contributed by atoms with Gasteiger partial charge in [0.05, 0.1) is 0 Å². The van der Waals surface area contributed by atoms with E-state index < -0.39 is 23.1 Å². The molecule has 1 aromatic rings. The maximum atomic E-state index is 13.3. The number of rotatable bonds is 1. The van der Waals surface area contributed by atoms with Crippen molar-refractivity contribution in [3.8, 4) is 0 Å². The number of hydrogen-bond acceptors (Lipinski definition) is 2. The van der Waals surface area contributed by atoms with Crippen LogP contribution >= 0.6 is 0 Å². The van der Waals surface area contributed by atoms with Crippen LogP contribution in [0.1, 0.15) is 17.5 Å². The number of carbonyl (C=O) groups is 1. The average molecular weight is 213 g/mol. The molecule has 1 aromatic carbocycles. The van der Waals surface area contributed by atoms with Crippen molar-refractivity contribution in [1.82, 2.24) is 0 Å². The molecule has 0 heterocycles. The molecule has 3 N–H and O–H groups in total. The Labute approximate surface area is 84.5 Å². The van der Waals surface area contributed by atoms with E-state index in [2.05, 4.69) is 0 Å². The van der Waals surface area contributed by atoms with Gasteiger partial charge in [-0.25, -0.2) is 13.6 Å². The van der Waals surface area contributed by atoms with Crippen LogP contribution < -0.4 is 5.73 Å². The summed E-state index contributed by atoms with van der Waals surface area (Å²) in [5, 5.41) is 8.94. The second kappa shape index (κ2) is 3.00. The maximum Gasteiger partial charge on any atom is 0.328 e. The Kier molecular flexibility index (Phi) is 2.01. The Morgan fingerprint density at radius 1 is 1.47 bits per heavy atom. The molecule has 1 aliphatic carbocycles. The Hall–Kier alpha value is -1.49. The van der Waals surface area contributed by atoms with E-state index in [1.807, 2.05) is 0 Å². The van der Waals surface area contributed by atoms with Crippen molar-refractivity contribution in [3.05, 3.63) is 34.9 Å². The van der Waals surface area contributed by atoms with E-state index in [9.17, 15) is 13.6 Å². The molecule has 15 heavy (non-hydrogen) atoms. The number of aliphatic carboxylic acids is 1. The van der Waals surface area contributed by atoms with Crippen molar-refractivity contribution in [1.29, 1.82) is 0 Å². The quantitative estimate of drug-likeness (QED) is 0.735. The minimum Gasteiger partial charge on any atom is -0.480 e. The third-order valence-electron chi connectivity index (χ3n) is 2.83. The van der Waals surface area contributed by atoms with Gasteiger partial charge in [-0.1, -0.05) is 6.07 Å². The second-order valence-corrected chi connectivity index (χ2v) is 3.66. The van der Waals surface area contributed by atoms with Gasteiger partial charge in [-0.2, -0.15) is 0 Å². The molecule has 0 saturated carbocycles. The highest BCUT2D eigenvalue weighted by atomic mass is 19.2. The average Bonchev–Trinajstić information content (AvgIpc) is 2.52. The molecule has 5 heteroatoms. The number of halogens is 2. The summed E-state index contributed by atoms with van der Waals surface area (Å²) in [6, 6.07) is 2.15. The molecule has 2 rings (SSSR count). The lowest BCUT2D eigenvalue weighted by atomic mass is 9.93. The van der Waals surface area contributed by atoms with Crippen molar-refractivity contribution in [2.45, 2.75) is 18.4 Å². The molecule has 0 radical (unpaired) electrons. The SMILES string of the molecule is NC1(C(=O)O)CCc2c1ccc(F)c2F. The first-order valence-electron chi connectivity index (χ1n) is 4.46. The Morgan fingerprint density at radius 2 is 2.13 bits per heavy atom. The first-order valence-corrected chi connectivity index (χ1v) is 4.46. The molecule has 3 nitrogen and oxygen atoms in total. The normalized spacial score (nSPS) is 23.9. The lowest BCUT2D eigenvalue weighted by Crippen LogP contribution is -2.42. The smallest absolute Gasteiger partial charge is 0.328 e. The predicted molar refractivity (Wildman–Crippen MR) is 48.2 cm³/mol. The molecular weight excluding hydrogens is 204 g/mol. The van der Waals surface area contributed by atoms with Gasteiger partial charge in [0.1, 0.15) is 5.54 Å². The standard InChI is InChI=1S/C10H9F2NO2/c11-7-2-1-6-5(8(7)12)3-4-10(6,13)9(14)15/h1-2H,3-4,13H2,(H,14,15). The molecule has 1 atom stereocenters. The summed E-state index contributed by atoms with van der Waals surface area (Å²) in [4.78, 5) is 10.9. The molecule has 80 valence electrons. The molecule has 0 fully saturated rings. The van der Waals surface area contributed by atoms with E-state index in [1.165, 1.54) is 6.07 Å². The number of carboxylic acid groups (broad SMARTS) is 1. The van der Waals surface area contributed by atoms with E-state index in [-0.39, 0.29) is 24.0 Å². The van der Waals surface area contributed by atoms with Gasteiger partial charge in [0.25, 0.3) is 0 Å². The van der Waals surface area contributed by atoms with Crippen molar-refractivity contribution in [2.24, 2.45) is 5.73 Å². The number of carboxylic acids is 1. The second-order valence-electron chi connectivity index (χ2n) is 3.66. The van der Waals surface area contributed by atoms with Crippen LogP contribution in [0, 0.1) is 11.6 Å². The Bertz CT molecular complexity index is 447. The van der Waals surface area contributed by atoms with Gasteiger partial charge >= 0.3 is 5.97 Å². The van der Waals surface area contributed by atoms with Gasteiger partial charge in [0, 0.05) is 0 Å². The highest BCUT2D eigenvalue weighted by Crippen LogP contribution is 2.37. The van der Waals surface area contributed by atoms with E-state index in [4.69, 9.17) is 10.8 Å². The van der Waals surface area contributed by atoms with Crippen LogP contribution in [0.3, 0.4) is 0 Å². The Morgan fingerprint density at radius 3 is 2.73 bits per heavy atom. The van der Waals surface area contributed by atoms with Gasteiger partial charge < -0.3 is 10.8 Å². The number of fused-ring (bicyclic) bond motifs is 1. The minimum atomic E-state index is -1.58.